The first kappa shape index (κ1) is 9.92. The molecule has 0 fully saturated rings. The Balaban J connectivity index is 2.41. The van der Waals surface area contributed by atoms with Gasteiger partial charge in [0.1, 0.15) is 5.82 Å². The fourth-order valence-electron chi connectivity index (χ4n) is 1.68. The topological polar surface area (TPSA) is 66.0 Å². The van der Waals surface area contributed by atoms with Crippen molar-refractivity contribution in [3.8, 4) is 0 Å². The van der Waals surface area contributed by atoms with Gasteiger partial charge in [-0.1, -0.05) is 0 Å². The van der Waals surface area contributed by atoms with Crippen LogP contribution in [0.2, 0.25) is 0 Å². The molecule has 2 amide bonds. The minimum Gasteiger partial charge on any atom is -0.334 e. The fraction of sp³-hybridized carbons (Fsp3) is 0.400. The molecular weight excluding hydrogens is 192 g/mol. The van der Waals surface area contributed by atoms with Crippen LogP contribution < -0.4 is 16.0 Å². The average Bonchev–Trinajstić information content (AvgIpc) is 2.26. The Morgan fingerprint density at radius 2 is 2.40 bits per heavy atom. The molecule has 0 saturated carbocycles. The van der Waals surface area contributed by atoms with Gasteiger partial charge in [-0.3, -0.25) is 5.32 Å². The molecule has 1 aliphatic rings. The van der Waals surface area contributed by atoms with E-state index in [-0.39, 0.29) is 12.1 Å². The number of fused-ring (bicyclic) bond motifs is 1. The third kappa shape index (κ3) is 1.78. The van der Waals surface area contributed by atoms with Crippen LogP contribution >= 0.6 is 0 Å². The van der Waals surface area contributed by atoms with Crippen LogP contribution in [0.1, 0.15) is 24.1 Å². The molecule has 2 rings (SSSR count). The molecule has 0 aliphatic carbocycles. The zero-order chi connectivity index (χ0) is 10.8. The lowest BCUT2D eigenvalue weighted by molar-refractivity contribution is 0.250. The molecular formula is C10H14N4O. The summed E-state index contributed by atoms with van der Waals surface area (Å²) in [6, 6.07) is 2.03. The lowest BCUT2D eigenvalue weighted by Crippen LogP contribution is -2.35. The van der Waals surface area contributed by atoms with E-state index < -0.39 is 0 Å². The molecule has 2 heterocycles. The molecule has 1 aromatic rings. The molecule has 0 saturated heterocycles. The Hall–Kier alpha value is -1.62. The number of anilines is 1. The molecule has 5 heteroatoms. The predicted octanol–water partition coefficient (Wildman–Crippen LogP) is 0.997. The van der Waals surface area contributed by atoms with Crippen molar-refractivity contribution in [2.45, 2.75) is 19.5 Å². The highest BCUT2D eigenvalue weighted by Gasteiger charge is 2.19. The first-order chi connectivity index (χ1) is 7.22. The van der Waals surface area contributed by atoms with Crippen molar-refractivity contribution in [2.75, 3.05) is 12.4 Å². The van der Waals surface area contributed by atoms with Gasteiger partial charge in [0.15, 0.2) is 0 Å². The van der Waals surface area contributed by atoms with Crippen molar-refractivity contribution in [1.82, 2.24) is 15.6 Å². The van der Waals surface area contributed by atoms with Crippen molar-refractivity contribution in [1.29, 1.82) is 0 Å². The van der Waals surface area contributed by atoms with Crippen LogP contribution in [0.15, 0.2) is 12.3 Å². The number of carbonyl (C=O) groups is 1. The Morgan fingerprint density at radius 3 is 3.13 bits per heavy atom. The lowest BCUT2D eigenvalue weighted by Gasteiger charge is -2.22. The number of hydrogen-bond acceptors (Lipinski definition) is 3. The van der Waals surface area contributed by atoms with Crippen LogP contribution in [0.25, 0.3) is 0 Å². The summed E-state index contributed by atoms with van der Waals surface area (Å²) in [4.78, 5) is 15.2. The van der Waals surface area contributed by atoms with Gasteiger partial charge in [-0.25, -0.2) is 9.78 Å². The van der Waals surface area contributed by atoms with Crippen molar-refractivity contribution < 1.29 is 4.79 Å². The van der Waals surface area contributed by atoms with E-state index >= 15 is 0 Å². The molecule has 5 nitrogen and oxygen atoms in total. The molecule has 15 heavy (non-hydrogen) atoms. The van der Waals surface area contributed by atoms with Gasteiger partial charge in [-0.05, 0) is 25.6 Å². The van der Waals surface area contributed by atoms with E-state index in [1.807, 2.05) is 13.1 Å². The second kappa shape index (κ2) is 3.86. The maximum Gasteiger partial charge on any atom is 0.320 e. The lowest BCUT2D eigenvalue weighted by atomic mass is 10.0. The largest absolute Gasteiger partial charge is 0.334 e. The van der Waals surface area contributed by atoms with E-state index in [1.54, 1.807) is 6.20 Å². The maximum absolute atomic E-state index is 11.1. The summed E-state index contributed by atoms with van der Waals surface area (Å²) in [5.41, 5.74) is 2.22. The highest BCUT2D eigenvalue weighted by atomic mass is 16.2. The second-order valence-corrected chi connectivity index (χ2v) is 3.55. The standard InChI is InChI=1S/C10H14N4O/c1-6(11-2)7-3-4-12-9-8(7)5-13-10(15)14-9/h3-4,6,11H,5H2,1-2H3,(H2,12,13,14,15). The molecule has 1 atom stereocenters. The van der Waals surface area contributed by atoms with Gasteiger partial charge < -0.3 is 10.6 Å². The number of aromatic nitrogens is 1. The molecule has 1 aromatic heterocycles. The van der Waals surface area contributed by atoms with Gasteiger partial charge >= 0.3 is 6.03 Å². The minimum atomic E-state index is -0.190. The van der Waals surface area contributed by atoms with Crippen LogP contribution in [0.4, 0.5) is 10.6 Å². The summed E-state index contributed by atoms with van der Waals surface area (Å²) in [7, 11) is 1.91. The number of carbonyl (C=O) groups excluding carboxylic acids is 1. The number of nitrogens with one attached hydrogen (secondary N) is 3. The summed E-state index contributed by atoms with van der Waals surface area (Å²) in [6.07, 6.45) is 1.72. The van der Waals surface area contributed by atoms with Gasteiger partial charge in [0.05, 0.1) is 0 Å². The third-order valence-corrected chi connectivity index (χ3v) is 2.65. The van der Waals surface area contributed by atoms with Gasteiger partial charge in [0, 0.05) is 24.3 Å². The SMILES string of the molecule is CNC(C)c1ccnc2c1CNC(=O)N2. The van der Waals surface area contributed by atoms with Crippen molar-refractivity contribution in [2.24, 2.45) is 0 Å². The number of amides is 2. The van der Waals surface area contributed by atoms with Crippen molar-refractivity contribution >= 4 is 11.8 Å². The number of nitrogens with zero attached hydrogens (tertiary/aromatic N) is 1. The van der Waals surface area contributed by atoms with E-state index in [9.17, 15) is 4.79 Å². The quantitative estimate of drug-likeness (QED) is 0.676. The molecule has 1 unspecified atom stereocenters. The Morgan fingerprint density at radius 1 is 1.60 bits per heavy atom. The van der Waals surface area contributed by atoms with E-state index in [0.717, 1.165) is 11.1 Å². The summed E-state index contributed by atoms with van der Waals surface area (Å²) < 4.78 is 0. The number of urea groups is 1. The molecule has 0 bridgehead atoms. The maximum atomic E-state index is 11.1. The minimum absolute atomic E-state index is 0.190. The predicted molar refractivity (Wildman–Crippen MR) is 57.6 cm³/mol. The monoisotopic (exact) mass is 206 g/mol. The number of pyridine rings is 1. The molecule has 3 N–H and O–H groups in total. The van der Waals surface area contributed by atoms with Crippen LogP contribution in [-0.4, -0.2) is 18.1 Å². The van der Waals surface area contributed by atoms with Gasteiger partial charge in [0.25, 0.3) is 0 Å². The van der Waals surface area contributed by atoms with Gasteiger partial charge in [-0.2, -0.15) is 0 Å². The van der Waals surface area contributed by atoms with Crippen molar-refractivity contribution in [3.63, 3.8) is 0 Å². The van der Waals surface area contributed by atoms with E-state index in [2.05, 4.69) is 27.9 Å². The second-order valence-electron chi connectivity index (χ2n) is 3.55. The number of rotatable bonds is 2. The average molecular weight is 206 g/mol. The van der Waals surface area contributed by atoms with E-state index in [1.165, 1.54) is 0 Å². The highest BCUT2D eigenvalue weighted by molar-refractivity contribution is 5.91. The first-order valence-electron chi connectivity index (χ1n) is 4.92. The zero-order valence-corrected chi connectivity index (χ0v) is 8.79. The molecule has 0 aromatic carbocycles. The van der Waals surface area contributed by atoms with E-state index in [4.69, 9.17) is 0 Å². The smallest absolute Gasteiger partial charge is 0.320 e. The first-order valence-corrected chi connectivity index (χ1v) is 4.92. The normalized spacial score (nSPS) is 16.3. The van der Waals surface area contributed by atoms with Crippen LogP contribution in [0.3, 0.4) is 0 Å². The van der Waals surface area contributed by atoms with Gasteiger partial charge in [-0.15, -0.1) is 0 Å². The zero-order valence-electron chi connectivity index (χ0n) is 8.79. The summed E-state index contributed by atoms with van der Waals surface area (Å²) >= 11 is 0. The Kier molecular flexibility index (Phi) is 2.55. The number of hydrogen-bond donors (Lipinski definition) is 3. The Bertz CT molecular complexity index is 391. The molecule has 0 spiro atoms. The van der Waals surface area contributed by atoms with Crippen LogP contribution in [0.5, 0.6) is 0 Å². The fourth-order valence-corrected chi connectivity index (χ4v) is 1.68. The van der Waals surface area contributed by atoms with Crippen LogP contribution in [0, 0.1) is 0 Å². The van der Waals surface area contributed by atoms with Crippen molar-refractivity contribution in [3.05, 3.63) is 23.4 Å². The molecule has 0 radical (unpaired) electrons. The summed E-state index contributed by atoms with van der Waals surface area (Å²) in [5.74, 6) is 0.665. The highest BCUT2D eigenvalue weighted by Crippen LogP contribution is 2.24. The Labute approximate surface area is 88.3 Å². The summed E-state index contributed by atoms with van der Waals surface area (Å²) in [5, 5.41) is 8.60. The third-order valence-electron chi connectivity index (χ3n) is 2.65. The molecule has 1 aliphatic heterocycles. The van der Waals surface area contributed by atoms with Gasteiger partial charge in [0.2, 0.25) is 0 Å². The van der Waals surface area contributed by atoms with Crippen LogP contribution in [-0.2, 0) is 6.54 Å². The summed E-state index contributed by atoms with van der Waals surface area (Å²) in [6.45, 7) is 2.61. The van der Waals surface area contributed by atoms with E-state index in [0.29, 0.717) is 12.4 Å². The molecule has 80 valence electrons.